The molecule has 0 aromatic carbocycles. The largest absolute Gasteiger partial charge is 0.495 e. The van der Waals surface area contributed by atoms with E-state index in [1.54, 1.807) is 0 Å². The van der Waals surface area contributed by atoms with E-state index < -0.39 is 82.4 Å². The van der Waals surface area contributed by atoms with Crippen LogP contribution in [0.2, 0.25) is 0 Å². The summed E-state index contributed by atoms with van der Waals surface area (Å²) in [5.74, 6) is -7.90. The first-order valence-corrected chi connectivity index (χ1v) is 21.6. The topological polar surface area (TPSA) is 416 Å². The van der Waals surface area contributed by atoms with Crippen molar-refractivity contribution in [1.29, 1.82) is 0 Å². The SMILES string of the molecule is C=C1N=C(O)c2nc(oc2C)C(=C)N=C(O)[C@H](C(C)(C)O)N=C(O)C(=C)N=C(O)c2nc(oc2C)/C(=C/C)N=C(O)[C@@H]([C@@H](C)O)N=C(O)c2csc(n2)-c2ccc(C(N)=O)nc2-c2coc(n2)C(=C)N=C1O. The highest BCUT2D eigenvalue weighted by Gasteiger charge is 2.34. The van der Waals surface area contributed by atoms with Crippen LogP contribution in [0.25, 0.3) is 39.1 Å². The summed E-state index contributed by atoms with van der Waals surface area (Å²) < 4.78 is 16.9. The maximum atomic E-state index is 12.2. The second-order valence-electron chi connectivity index (χ2n) is 15.7. The Morgan fingerprint density at radius 1 is 0.708 bits per heavy atom. The van der Waals surface area contributed by atoms with Crippen LogP contribution in [0.4, 0.5) is 0 Å². The number of oxazole rings is 3. The number of nitrogens with two attached hydrogens (primary N) is 1. The number of aliphatic imine (C=N–C) groups is 7. The molecule has 72 heavy (non-hydrogen) atoms. The average molecular weight is 1010 g/mol. The Morgan fingerprint density at radius 3 is 1.89 bits per heavy atom. The van der Waals surface area contributed by atoms with Crippen molar-refractivity contribution in [3.63, 3.8) is 0 Å². The van der Waals surface area contributed by atoms with E-state index >= 15 is 0 Å². The number of fused-ring (bicyclic) bond motifs is 11. The van der Waals surface area contributed by atoms with Crippen molar-refractivity contribution < 1.29 is 64.0 Å². The molecule has 0 spiro atoms. The number of primary amides is 1. The highest BCUT2D eigenvalue weighted by molar-refractivity contribution is 7.13. The number of aryl methyl sites for hydroxylation is 2. The van der Waals surface area contributed by atoms with E-state index in [0.717, 1.165) is 17.6 Å². The van der Waals surface area contributed by atoms with Crippen molar-refractivity contribution in [3.8, 4) is 22.0 Å². The lowest BCUT2D eigenvalue weighted by Gasteiger charge is -2.24. The number of nitrogens with zero attached hydrogens (tertiary/aromatic N) is 12. The number of aliphatic hydroxyl groups is 9. The van der Waals surface area contributed by atoms with Crippen molar-refractivity contribution in [2.75, 3.05) is 0 Å². The van der Waals surface area contributed by atoms with E-state index in [0.29, 0.717) is 0 Å². The monoisotopic (exact) mass is 1010 g/mol. The molecule has 5 aromatic rings. The molecular weight excluding hydrogens is 963 g/mol. The summed E-state index contributed by atoms with van der Waals surface area (Å²) in [5.41, 5.74) is 1.12. The molecule has 374 valence electrons. The van der Waals surface area contributed by atoms with Crippen LogP contribution in [-0.4, -0.2) is 142 Å². The number of amides is 1. The Balaban J connectivity index is 1.47. The van der Waals surface area contributed by atoms with Crippen molar-refractivity contribution >= 4 is 75.6 Å². The molecule has 0 saturated carbocycles. The van der Waals surface area contributed by atoms with Crippen molar-refractivity contribution in [1.82, 2.24) is 24.9 Å². The quantitative estimate of drug-likeness (QED) is 0.100. The highest BCUT2D eigenvalue weighted by Crippen LogP contribution is 2.34. The number of pyridine rings is 1. The molecule has 0 saturated heterocycles. The number of hydrogen-bond donors (Lipinski definition) is 10. The van der Waals surface area contributed by atoms with Crippen LogP contribution in [0.5, 0.6) is 0 Å². The number of aliphatic hydroxyl groups excluding tert-OH is 8. The molecule has 0 fully saturated rings. The third kappa shape index (κ3) is 11.4. The van der Waals surface area contributed by atoms with E-state index in [2.05, 4.69) is 86.2 Å². The average Bonchev–Trinajstić information content (AvgIpc) is 4.15. The molecule has 11 N–H and O–H groups in total. The molecule has 3 atom stereocenters. The standard InChI is InChI=1S/C45H45N13O13S/c1-11-24-43-57-30(22(8)71-43)39(66)48-17(3)35(62)58-32(45(9,10)68)40(67)50-19(5)42-56-29(21(7)70-42)38(65)47-16(2)34(61)49-18(4)41-53-26(14-69-41)31-23(12-13-25(51-31)33(46)60)44-54-27(15-72-44)36(63)55-28(20(6)59)37(64)52-24/h11-15,20,28,32,59,68H,2-5H2,1,6-10H3,(H2,46,60)(H,47,65)(H,48,66)(H,49,61)(H,50,67)(H,52,64)(H,55,63)(H,58,62)/b24-11-/t20-,28-,32-/m1/s1. The predicted molar refractivity (Wildman–Crippen MR) is 265 cm³/mol. The normalized spacial score (nSPS) is 18.3. The van der Waals surface area contributed by atoms with Crippen LogP contribution in [-0.2, 0) is 0 Å². The van der Waals surface area contributed by atoms with Crippen LogP contribution in [0.15, 0.2) is 116 Å². The van der Waals surface area contributed by atoms with Crippen molar-refractivity contribution in [3.05, 3.63) is 120 Å². The maximum Gasteiger partial charge on any atom is 0.267 e. The van der Waals surface area contributed by atoms with Gasteiger partial charge in [0.1, 0.15) is 74.1 Å². The van der Waals surface area contributed by atoms with Gasteiger partial charge in [0.05, 0.1) is 11.7 Å². The Labute approximate surface area is 410 Å². The molecular formula is C45H45N13O13S. The number of hydrogen-bond acceptors (Lipinski definition) is 19. The van der Waals surface area contributed by atoms with Gasteiger partial charge in [-0.2, -0.15) is 0 Å². The lowest BCUT2D eigenvalue weighted by molar-refractivity contribution is 0.0681. The predicted octanol–water partition coefficient (Wildman–Crippen LogP) is 5.92. The Bertz CT molecular complexity index is 3300. The summed E-state index contributed by atoms with van der Waals surface area (Å²) in [6, 6.07) is -0.566. The number of carbonyl (C=O) groups excluding carboxylic acids is 1. The minimum Gasteiger partial charge on any atom is -0.495 e. The van der Waals surface area contributed by atoms with Crippen LogP contribution >= 0.6 is 11.3 Å². The molecule has 1 amide bonds. The Hall–Kier alpha value is -9.21. The first-order chi connectivity index (χ1) is 33.8. The summed E-state index contributed by atoms with van der Waals surface area (Å²) in [5, 5.41) is 100. The minimum absolute atomic E-state index is 0.00483. The van der Waals surface area contributed by atoms with Crippen LogP contribution in [0.1, 0.15) is 84.5 Å². The van der Waals surface area contributed by atoms with Gasteiger partial charge in [0.2, 0.25) is 59.0 Å². The molecule has 6 rings (SSSR count). The van der Waals surface area contributed by atoms with E-state index in [-0.39, 0.29) is 91.0 Å². The van der Waals surface area contributed by atoms with Gasteiger partial charge >= 0.3 is 0 Å². The van der Waals surface area contributed by atoms with E-state index in [9.17, 15) is 50.8 Å². The van der Waals surface area contributed by atoms with Crippen molar-refractivity contribution in [2.24, 2.45) is 40.7 Å². The van der Waals surface area contributed by atoms with Crippen molar-refractivity contribution in [2.45, 2.75) is 65.3 Å². The van der Waals surface area contributed by atoms with E-state index in [4.69, 9.17) is 19.0 Å². The molecule has 27 heteroatoms. The van der Waals surface area contributed by atoms with Crippen LogP contribution in [0.3, 0.4) is 0 Å². The lowest BCUT2D eigenvalue weighted by atomic mass is 9.99. The minimum atomic E-state index is -1.94. The third-order valence-electron chi connectivity index (χ3n) is 9.73. The summed E-state index contributed by atoms with van der Waals surface area (Å²) in [6.07, 6.45) is 1.03. The molecule has 5 aromatic heterocycles. The first kappa shape index (κ1) is 52.2. The number of allylic oxidation sites excluding steroid dienone is 1. The number of rotatable bonds is 3. The molecule has 1 aliphatic heterocycles. The van der Waals surface area contributed by atoms with Gasteiger partial charge in [-0.25, -0.2) is 59.9 Å². The first-order valence-electron chi connectivity index (χ1n) is 20.7. The molecule has 6 heterocycles. The van der Waals surface area contributed by atoms with Crippen LogP contribution in [0, 0.1) is 13.8 Å². The van der Waals surface area contributed by atoms with Gasteiger partial charge < -0.3 is 64.9 Å². The number of thiazole rings is 1. The Morgan fingerprint density at radius 2 is 1.29 bits per heavy atom. The molecule has 8 bridgehead atoms. The summed E-state index contributed by atoms with van der Waals surface area (Å²) >= 11 is 0.995. The number of carbonyl (C=O) groups is 1. The van der Waals surface area contributed by atoms with Gasteiger partial charge in [-0.3, -0.25) is 4.79 Å². The van der Waals surface area contributed by atoms with Crippen LogP contribution < -0.4 is 5.73 Å². The maximum absolute atomic E-state index is 12.2. The highest BCUT2D eigenvalue weighted by atomic mass is 32.1. The smallest absolute Gasteiger partial charge is 0.267 e. The van der Waals surface area contributed by atoms with E-state index in [1.807, 2.05) is 0 Å². The lowest BCUT2D eigenvalue weighted by Crippen LogP contribution is -2.41. The molecule has 26 nitrogen and oxygen atoms in total. The second kappa shape index (κ2) is 20.8. The third-order valence-corrected chi connectivity index (χ3v) is 10.6. The number of aromatic nitrogens is 5. The molecule has 1 aliphatic rings. The fourth-order valence-corrected chi connectivity index (χ4v) is 6.93. The summed E-state index contributed by atoms with van der Waals surface area (Å²) in [7, 11) is 0. The van der Waals surface area contributed by atoms with Gasteiger partial charge in [0, 0.05) is 10.9 Å². The fraction of sp³-hybridized carbons (Fsp3) is 0.222. The van der Waals surface area contributed by atoms with E-state index in [1.165, 1.54) is 65.1 Å². The molecule has 0 aliphatic carbocycles. The summed E-state index contributed by atoms with van der Waals surface area (Å²) in [6.45, 7) is 22.7. The Kier molecular flexibility index (Phi) is 15.1. The zero-order chi connectivity index (χ0) is 53.1. The zero-order valence-corrected chi connectivity index (χ0v) is 39.8. The zero-order valence-electron chi connectivity index (χ0n) is 39.0. The fourth-order valence-electron chi connectivity index (χ4n) is 6.10. The molecule has 0 radical (unpaired) electrons. The van der Waals surface area contributed by atoms with Gasteiger partial charge in [-0.15, -0.1) is 11.3 Å². The summed E-state index contributed by atoms with van der Waals surface area (Å²) in [4.78, 5) is 61.4. The van der Waals surface area contributed by atoms with Gasteiger partial charge in [0.25, 0.3) is 5.91 Å². The van der Waals surface area contributed by atoms with Gasteiger partial charge in [-0.1, -0.05) is 32.4 Å². The van der Waals surface area contributed by atoms with Gasteiger partial charge in [-0.05, 0) is 53.7 Å². The van der Waals surface area contributed by atoms with Gasteiger partial charge in [0.15, 0.2) is 23.5 Å². The molecule has 0 unspecified atom stereocenters. The second-order valence-corrected chi connectivity index (χ2v) is 16.6.